The van der Waals surface area contributed by atoms with Gasteiger partial charge in [-0.05, 0) is 36.4 Å². The zero-order valence-electron chi connectivity index (χ0n) is 15.8. The highest BCUT2D eigenvalue weighted by Gasteiger charge is 2.36. The van der Waals surface area contributed by atoms with E-state index in [4.69, 9.17) is 9.47 Å². The summed E-state index contributed by atoms with van der Waals surface area (Å²) in [4.78, 5) is -0.0395. The highest BCUT2D eigenvalue weighted by molar-refractivity contribution is 7.93. The van der Waals surface area contributed by atoms with E-state index in [0.717, 1.165) is 0 Å². The molecular formula is C18H22N2O7S2. The lowest BCUT2D eigenvalue weighted by Crippen LogP contribution is -2.31. The molecule has 3 rings (SSSR count). The highest BCUT2D eigenvalue weighted by Crippen LogP contribution is 2.30. The molecule has 2 aromatic carbocycles. The molecule has 1 aliphatic heterocycles. The van der Waals surface area contributed by atoms with Crippen molar-refractivity contribution in [3.05, 3.63) is 42.5 Å². The molecule has 0 spiro atoms. The largest absolute Gasteiger partial charge is 0.497 e. The molecule has 11 heteroatoms. The molecule has 158 valence electrons. The lowest BCUT2D eigenvalue weighted by atomic mass is 10.2. The second kappa shape index (κ2) is 8.09. The predicted octanol–water partition coefficient (Wildman–Crippen LogP) is 1.07. The Morgan fingerprint density at radius 3 is 2.21 bits per heavy atom. The summed E-state index contributed by atoms with van der Waals surface area (Å²) in [6.07, 6.45) is -0.985. The monoisotopic (exact) mass is 442 g/mol. The Morgan fingerprint density at radius 1 is 1.00 bits per heavy atom. The Balaban J connectivity index is 1.74. The summed E-state index contributed by atoms with van der Waals surface area (Å²) < 4.78 is 61.3. The van der Waals surface area contributed by atoms with E-state index in [1.54, 1.807) is 12.1 Å². The van der Waals surface area contributed by atoms with Gasteiger partial charge in [0.15, 0.2) is 9.84 Å². The van der Waals surface area contributed by atoms with Crippen LogP contribution in [0.2, 0.25) is 0 Å². The summed E-state index contributed by atoms with van der Waals surface area (Å²) >= 11 is 0. The van der Waals surface area contributed by atoms with Gasteiger partial charge in [0.2, 0.25) is 0 Å². The average molecular weight is 443 g/mol. The minimum absolute atomic E-state index is 0.0395. The van der Waals surface area contributed by atoms with Crippen molar-refractivity contribution >= 4 is 31.2 Å². The first-order valence-corrected chi connectivity index (χ1v) is 11.9. The summed E-state index contributed by atoms with van der Waals surface area (Å²) in [6.45, 7) is 0. The van der Waals surface area contributed by atoms with E-state index >= 15 is 0 Å². The Kier molecular flexibility index (Phi) is 5.92. The second-order valence-electron chi connectivity index (χ2n) is 6.59. The zero-order chi connectivity index (χ0) is 21.2. The van der Waals surface area contributed by atoms with Crippen LogP contribution in [0, 0.1) is 0 Å². The van der Waals surface area contributed by atoms with Crippen molar-refractivity contribution in [2.24, 2.45) is 0 Å². The van der Waals surface area contributed by atoms with Crippen molar-refractivity contribution in [3.8, 4) is 11.5 Å². The van der Waals surface area contributed by atoms with Crippen LogP contribution in [0.15, 0.2) is 47.4 Å². The van der Waals surface area contributed by atoms with Crippen LogP contribution in [-0.4, -0.2) is 59.8 Å². The molecule has 0 aromatic heterocycles. The molecule has 0 aliphatic carbocycles. The number of aliphatic hydroxyl groups is 1. The maximum absolute atomic E-state index is 12.7. The molecule has 2 atom stereocenters. The smallest absolute Gasteiger partial charge is 0.265 e. The number of methoxy groups -OCH3 is 2. The van der Waals surface area contributed by atoms with Gasteiger partial charge in [-0.2, -0.15) is 0 Å². The fourth-order valence-electron chi connectivity index (χ4n) is 3.02. The topological polar surface area (TPSA) is 131 Å². The SMILES string of the molecule is COc1ccc(S(=O)(=O)Nc2ccc(N[C@H]3CS(=O)(=O)C[C@@H]3O)cc2)c(OC)c1. The third-order valence-corrected chi connectivity index (χ3v) is 7.61. The number of aliphatic hydroxyl groups excluding tert-OH is 1. The fraction of sp³-hybridized carbons (Fsp3) is 0.333. The van der Waals surface area contributed by atoms with Crippen molar-refractivity contribution in [2.45, 2.75) is 17.0 Å². The van der Waals surface area contributed by atoms with Gasteiger partial charge in [-0.3, -0.25) is 4.72 Å². The molecule has 29 heavy (non-hydrogen) atoms. The van der Waals surface area contributed by atoms with E-state index in [2.05, 4.69) is 10.0 Å². The van der Waals surface area contributed by atoms with Crippen LogP contribution in [0.25, 0.3) is 0 Å². The highest BCUT2D eigenvalue weighted by atomic mass is 32.2. The van der Waals surface area contributed by atoms with E-state index in [-0.39, 0.29) is 22.2 Å². The van der Waals surface area contributed by atoms with Crippen molar-refractivity contribution in [3.63, 3.8) is 0 Å². The van der Waals surface area contributed by atoms with Gasteiger partial charge in [-0.15, -0.1) is 0 Å². The normalized spacial score (nSPS) is 20.8. The predicted molar refractivity (Wildman–Crippen MR) is 109 cm³/mol. The molecule has 0 amide bonds. The van der Waals surface area contributed by atoms with E-state index in [1.165, 1.54) is 44.6 Å². The molecule has 0 saturated carbocycles. The molecule has 9 nitrogen and oxygen atoms in total. The molecule has 0 bridgehead atoms. The van der Waals surface area contributed by atoms with Gasteiger partial charge in [0.1, 0.15) is 16.4 Å². The van der Waals surface area contributed by atoms with Gasteiger partial charge in [0, 0.05) is 17.4 Å². The third kappa shape index (κ3) is 4.92. The Labute approximate surface area is 169 Å². The van der Waals surface area contributed by atoms with Gasteiger partial charge in [0.25, 0.3) is 10.0 Å². The Morgan fingerprint density at radius 2 is 1.66 bits per heavy atom. The maximum Gasteiger partial charge on any atom is 0.265 e. The minimum atomic E-state index is -3.91. The van der Waals surface area contributed by atoms with Gasteiger partial charge in [-0.1, -0.05) is 0 Å². The van der Waals surface area contributed by atoms with Crippen LogP contribution in [0.4, 0.5) is 11.4 Å². The number of nitrogens with one attached hydrogen (secondary N) is 2. The van der Waals surface area contributed by atoms with Crippen LogP contribution in [0.1, 0.15) is 0 Å². The minimum Gasteiger partial charge on any atom is -0.497 e. The van der Waals surface area contributed by atoms with Gasteiger partial charge in [-0.25, -0.2) is 16.8 Å². The number of ether oxygens (including phenoxy) is 2. The molecule has 2 aromatic rings. The first-order chi connectivity index (χ1) is 13.6. The van der Waals surface area contributed by atoms with E-state index in [0.29, 0.717) is 17.1 Å². The Hall–Kier alpha value is -2.50. The number of rotatable bonds is 7. The van der Waals surface area contributed by atoms with Crippen molar-refractivity contribution in [2.75, 3.05) is 35.8 Å². The number of hydrogen-bond acceptors (Lipinski definition) is 8. The summed E-state index contributed by atoms with van der Waals surface area (Å²) in [5.41, 5.74) is 0.879. The molecule has 0 unspecified atom stereocenters. The van der Waals surface area contributed by atoms with Gasteiger partial charge in [0.05, 0.1) is 37.9 Å². The zero-order valence-corrected chi connectivity index (χ0v) is 17.5. The molecular weight excluding hydrogens is 420 g/mol. The first-order valence-electron chi connectivity index (χ1n) is 8.63. The molecule has 0 radical (unpaired) electrons. The fourth-order valence-corrected chi connectivity index (χ4v) is 5.97. The van der Waals surface area contributed by atoms with Crippen LogP contribution in [-0.2, 0) is 19.9 Å². The number of hydrogen-bond donors (Lipinski definition) is 3. The Bertz CT molecular complexity index is 1080. The van der Waals surface area contributed by atoms with E-state index in [1.807, 2.05) is 0 Å². The molecule has 1 saturated heterocycles. The van der Waals surface area contributed by atoms with Gasteiger partial charge >= 0.3 is 0 Å². The van der Waals surface area contributed by atoms with E-state index < -0.39 is 32.0 Å². The third-order valence-electron chi connectivity index (χ3n) is 4.47. The van der Waals surface area contributed by atoms with Crippen LogP contribution >= 0.6 is 0 Å². The first kappa shape index (κ1) is 21.2. The number of benzene rings is 2. The number of sulfonamides is 1. The lowest BCUT2D eigenvalue weighted by Gasteiger charge is -2.17. The molecule has 1 heterocycles. The number of anilines is 2. The summed E-state index contributed by atoms with van der Waals surface area (Å²) in [7, 11) is -4.34. The molecule has 3 N–H and O–H groups in total. The van der Waals surface area contributed by atoms with Crippen LogP contribution in [0.5, 0.6) is 11.5 Å². The van der Waals surface area contributed by atoms with Gasteiger partial charge < -0.3 is 19.9 Å². The van der Waals surface area contributed by atoms with Crippen LogP contribution < -0.4 is 19.5 Å². The van der Waals surface area contributed by atoms with Crippen molar-refractivity contribution in [1.29, 1.82) is 0 Å². The van der Waals surface area contributed by atoms with Crippen molar-refractivity contribution < 1.29 is 31.4 Å². The molecule has 1 fully saturated rings. The second-order valence-corrected chi connectivity index (χ2v) is 10.4. The quantitative estimate of drug-likeness (QED) is 0.580. The lowest BCUT2D eigenvalue weighted by molar-refractivity contribution is 0.190. The maximum atomic E-state index is 12.7. The van der Waals surface area contributed by atoms with Crippen molar-refractivity contribution in [1.82, 2.24) is 0 Å². The molecule has 1 aliphatic rings. The standard InChI is InChI=1S/C18H22N2O7S2/c1-26-14-7-8-18(17(9-14)27-2)29(24,25)20-13-5-3-12(4-6-13)19-15-10-28(22,23)11-16(15)21/h3-9,15-16,19-21H,10-11H2,1-2H3/t15-,16-/m0/s1. The van der Waals surface area contributed by atoms with E-state index in [9.17, 15) is 21.9 Å². The van der Waals surface area contributed by atoms with Crippen LogP contribution in [0.3, 0.4) is 0 Å². The summed E-state index contributed by atoms with van der Waals surface area (Å²) in [5, 5.41) is 12.8. The summed E-state index contributed by atoms with van der Waals surface area (Å²) in [6, 6.07) is 10.0. The average Bonchev–Trinajstić information content (AvgIpc) is 2.93. The summed E-state index contributed by atoms with van der Waals surface area (Å²) in [5.74, 6) is 0.186. The number of sulfone groups is 1.